The number of nitrogens with one attached hydrogen (secondary N) is 1. The molecule has 2 rings (SSSR count). The first-order valence-electron chi connectivity index (χ1n) is 6.47. The lowest BCUT2D eigenvalue weighted by molar-refractivity contribution is -0.948. The number of hydrogen-bond donors (Lipinski definition) is 1. The molecule has 2 fully saturated rings. The Labute approximate surface area is 107 Å². The second-order valence-electron chi connectivity index (χ2n) is 5.80. The maximum atomic E-state index is 12.0. The van der Waals surface area contributed by atoms with Gasteiger partial charge in [-0.1, -0.05) is 0 Å². The first-order chi connectivity index (χ1) is 8.45. The zero-order chi connectivity index (χ0) is 13.5. The van der Waals surface area contributed by atoms with Crippen molar-refractivity contribution in [3.8, 4) is 0 Å². The van der Waals surface area contributed by atoms with Crippen LogP contribution in [0.25, 0.3) is 0 Å². The molecular formula is C13H22NO4+. The Bertz CT molecular complexity index is 366. The molecule has 18 heavy (non-hydrogen) atoms. The lowest BCUT2D eigenvalue weighted by atomic mass is 9.79. The number of ether oxygens (including phenoxy) is 2. The highest BCUT2D eigenvalue weighted by molar-refractivity contribution is 5.84. The third-order valence-electron chi connectivity index (χ3n) is 4.74. The van der Waals surface area contributed by atoms with E-state index in [1.54, 1.807) is 0 Å². The lowest BCUT2D eigenvalue weighted by Gasteiger charge is -2.30. The zero-order valence-corrected chi connectivity index (χ0v) is 11.5. The number of carbonyl (C=O) groups is 2. The fourth-order valence-corrected chi connectivity index (χ4v) is 3.95. The van der Waals surface area contributed by atoms with Gasteiger partial charge in [-0.15, -0.1) is 0 Å². The molecular weight excluding hydrogens is 234 g/mol. The number of carbonyl (C=O) groups excluding carboxylic acids is 2. The molecule has 102 valence electrons. The van der Waals surface area contributed by atoms with Crippen molar-refractivity contribution >= 4 is 11.9 Å². The predicted molar refractivity (Wildman–Crippen MR) is 63.9 cm³/mol. The van der Waals surface area contributed by atoms with Gasteiger partial charge in [-0.2, -0.15) is 0 Å². The van der Waals surface area contributed by atoms with Crippen molar-refractivity contribution in [2.45, 2.75) is 38.3 Å². The molecule has 2 aliphatic heterocycles. The van der Waals surface area contributed by atoms with Crippen molar-refractivity contribution in [2.24, 2.45) is 11.8 Å². The number of esters is 2. The summed E-state index contributed by atoms with van der Waals surface area (Å²) in [4.78, 5) is 25.4. The summed E-state index contributed by atoms with van der Waals surface area (Å²) in [6, 6.07) is 0.191. The number of fused-ring (bicyclic) bond motifs is 1. The summed E-state index contributed by atoms with van der Waals surface area (Å²) in [7, 11) is 2.77. The summed E-state index contributed by atoms with van der Waals surface area (Å²) in [6.07, 6.45) is 2.08. The normalized spacial score (nSPS) is 37.1. The van der Waals surface area contributed by atoms with Crippen molar-refractivity contribution in [3.05, 3.63) is 0 Å². The smallest absolute Gasteiger partial charge is 0.316 e. The summed E-state index contributed by atoms with van der Waals surface area (Å²) in [5.74, 6) is -1.34. The van der Waals surface area contributed by atoms with Gasteiger partial charge in [0.15, 0.2) is 0 Å². The molecule has 0 radical (unpaired) electrons. The van der Waals surface area contributed by atoms with Crippen molar-refractivity contribution in [3.63, 3.8) is 0 Å². The lowest BCUT2D eigenvalue weighted by Crippen LogP contribution is -3.19. The van der Waals surface area contributed by atoms with Crippen molar-refractivity contribution < 1.29 is 24.0 Å². The molecule has 0 aromatic carbocycles. The molecule has 0 saturated carbocycles. The summed E-state index contributed by atoms with van der Waals surface area (Å²) in [5, 5.41) is 0. The minimum Gasteiger partial charge on any atom is -0.469 e. The maximum Gasteiger partial charge on any atom is 0.316 e. The molecule has 5 heteroatoms. The van der Waals surface area contributed by atoms with E-state index >= 15 is 0 Å². The first-order valence-corrected chi connectivity index (χ1v) is 6.47. The minimum absolute atomic E-state index is 0.191. The van der Waals surface area contributed by atoms with Gasteiger partial charge in [-0.25, -0.2) is 0 Å². The van der Waals surface area contributed by atoms with Gasteiger partial charge >= 0.3 is 11.9 Å². The van der Waals surface area contributed by atoms with Crippen LogP contribution >= 0.6 is 0 Å². The molecule has 0 spiro atoms. The molecule has 2 heterocycles. The minimum atomic E-state index is -0.407. The molecule has 0 amide bonds. The Morgan fingerprint density at radius 3 is 2.33 bits per heavy atom. The Balaban J connectivity index is 2.39. The summed E-state index contributed by atoms with van der Waals surface area (Å²) in [5.41, 5.74) is -0.271. The van der Waals surface area contributed by atoms with Gasteiger partial charge in [0.2, 0.25) is 0 Å². The standard InChI is InChI=1S/C13H21NO4/c1-13(2)10(12(16)18-4)9(11(15)17-3)8-6-5-7-14(8)13/h8-10H,5-7H2,1-4H3/p+1/t8-,9+,10+/m1/s1. The molecule has 2 saturated heterocycles. The van der Waals surface area contributed by atoms with Gasteiger partial charge in [0.25, 0.3) is 0 Å². The fourth-order valence-electron chi connectivity index (χ4n) is 3.95. The third kappa shape index (κ3) is 1.72. The van der Waals surface area contributed by atoms with Crippen LogP contribution in [0, 0.1) is 11.8 Å². The average molecular weight is 256 g/mol. The van der Waals surface area contributed by atoms with E-state index < -0.39 is 5.92 Å². The number of rotatable bonds is 2. The molecule has 0 aliphatic carbocycles. The molecule has 1 unspecified atom stereocenters. The van der Waals surface area contributed by atoms with Crippen LogP contribution in [0.15, 0.2) is 0 Å². The van der Waals surface area contributed by atoms with E-state index in [9.17, 15) is 9.59 Å². The largest absolute Gasteiger partial charge is 0.469 e. The average Bonchev–Trinajstić information content (AvgIpc) is 2.89. The van der Waals surface area contributed by atoms with Crippen LogP contribution in [0.2, 0.25) is 0 Å². The highest BCUT2D eigenvalue weighted by Gasteiger charge is 2.65. The van der Waals surface area contributed by atoms with E-state index in [1.165, 1.54) is 19.1 Å². The van der Waals surface area contributed by atoms with Crippen molar-refractivity contribution in [1.82, 2.24) is 0 Å². The summed E-state index contributed by atoms with van der Waals surface area (Å²) >= 11 is 0. The third-order valence-corrected chi connectivity index (χ3v) is 4.74. The summed E-state index contributed by atoms with van der Waals surface area (Å²) < 4.78 is 9.80. The van der Waals surface area contributed by atoms with E-state index in [2.05, 4.69) is 0 Å². The van der Waals surface area contributed by atoms with Gasteiger partial charge in [0.1, 0.15) is 23.4 Å². The van der Waals surface area contributed by atoms with E-state index in [1.807, 2.05) is 13.8 Å². The van der Waals surface area contributed by atoms with E-state index in [-0.39, 0.29) is 29.4 Å². The topological polar surface area (TPSA) is 57.0 Å². The van der Waals surface area contributed by atoms with Gasteiger partial charge in [-0.3, -0.25) is 9.59 Å². The SMILES string of the molecule is COC(=O)[C@H]1[C@H]2CCC[NH+]2C(C)(C)[C@@H]1C(=O)OC. The van der Waals surface area contributed by atoms with Crippen LogP contribution in [0.5, 0.6) is 0 Å². The van der Waals surface area contributed by atoms with Crippen LogP contribution in [-0.4, -0.2) is 44.3 Å². The van der Waals surface area contributed by atoms with Crippen molar-refractivity contribution in [2.75, 3.05) is 20.8 Å². The van der Waals surface area contributed by atoms with Crippen molar-refractivity contribution in [1.29, 1.82) is 0 Å². The molecule has 4 atom stereocenters. The summed E-state index contributed by atoms with van der Waals surface area (Å²) in [6.45, 7) is 5.11. The highest BCUT2D eigenvalue weighted by Crippen LogP contribution is 2.36. The maximum absolute atomic E-state index is 12.0. The van der Waals surface area contributed by atoms with Gasteiger partial charge in [0, 0.05) is 12.8 Å². The predicted octanol–water partition coefficient (Wildman–Crippen LogP) is -0.596. The van der Waals surface area contributed by atoms with E-state index in [0.717, 1.165) is 19.4 Å². The van der Waals surface area contributed by atoms with Crippen LogP contribution in [0.3, 0.4) is 0 Å². The first kappa shape index (κ1) is 13.3. The Hall–Kier alpha value is -1.10. The molecule has 5 nitrogen and oxygen atoms in total. The highest BCUT2D eigenvalue weighted by atomic mass is 16.5. The molecule has 2 aliphatic rings. The Kier molecular flexibility index (Phi) is 3.36. The van der Waals surface area contributed by atoms with Gasteiger partial charge in [0.05, 0.1) is 20.8 Å². The number of methoxy groups -OCH3 is 2. The second-order valence-corrected chi connectivity index (χ2v) is 5.80. The van der Waals surface area contributed by atoms with Crippen LogP contribution in [-0.2, 0) is 19.1 Å². The number of hydrogen-bond acceptors (Lipinski definition) is 4. The van der Waals surface area contributed by atoms with Crippen LogP contribution in [0.1, 0.15) is 26.7 Å². The van der Waals surface area contributed by atoms with E-state index in [0.29, 0.717) is 0 Å². The van der Waals surface area contributed by atoms with Crippen LogP contribution < -0.4 is 4.90 Å². The quantitative estimate of drug-likeness (QED) is 0.671. The number of quaternary nitrogens is 1. The molecule has 0 bridgehead atoms. The van der Waals surface area contributed by atoms with Crippen LogP contribution in [0.4, 0.5) is 0 Å². The molecule has 1 N–H and O–H groups in total. The van der Waals surface area contributed by atoms with Gasteiger partial charge < -0.3 is 14.4 Å². The van der Waals surface area contributed by atoms with E-state index in [4.69, 9.17) is 9.47 Å². The fraction of sp³-hybridized carbons (Fsp3) is 0.846. The Morgan fingerprint density at radius 1 is 1.17 bits per heavy atom. The monoisotopic (exact) mass is 256 g/mol. The second kappa shape index (κ2) is 4.53. The molecule has 0 aromatic heterocycles. The zero-order valence-electron chi connectivity index (χ0n) is 11.5. The van der Waals surface area contributed by atoms with Gasteiger partial charge in [-0.05, 0) is 13.8 Å². The Morgan fingerprint density at radius 2 is 1.78 bits per heavy atom. The molecule has 0 aromatic rings.